The summed E-state index contributed by atoms with van der Waals surface area (Å²) in [6.45, 7) is 6.64. The molecule has 1 amide bonds. The van der Waals surface area contributed by atoms with E-state index in [1.807, 2.05) is 31.9 Å². The Bertz CT molecular complexity index is 453. The van der Waals surface area contributed by atoms with E-state index in [1.165, 1.54) is 0 Å². The number of rotatable bonds is 9. The summed E-state index contributed by atoms with van der Waals surface area (Å²) >= 11 is 0. The lowest BCUT2D eigenvalue weighted by Crippen LogP contribution is -2.36. The molecule has 0 fully saturated rings. The lowest BCUT2D eigenvalue weighted by atomic mass is 10.4. The smallest absolute Gasteiger partial charge is 0.234 e. The van der Waals surface area contributed by atoms with Crippen molar-refractivity contribution in [2.75, 3.05) is 45.7 Å². The summed E-state index contributed by atoms with van der Waals surface area (Å²) in [6.07, 6.45) is 0. The van der Waals surface area contributed by atoms with Crippen molar-refractivity contribution in [3.05, 3.63) is 17.6 Å². The standard InChI is InChI=1S/C14H25N5O2/c1-5-15-12-8-11(2)17-13(18-12)9-19(3)10-14(20)16-6-7-21-4/h8H,5-7,9-10H2,1-4H3,(H,16,20)(H,15,17,18). The number of nitrogens with one attached hydrogen (secondary N) is 2. The van der Waals surface area contributed by atoms with Crippen molar-refractivity contribution >= 4 is 11.7 Å². The fourth-order valence-electron chi connectivity index (χ4n) is 1.86. The maximum atomic E-state index is 11.7. The molecule has 0 radical (unpaired) electrons. The summed E-state index contributed by atoms with van der Waals surface area (Å²) in [4.78, 5) is 22.4. The van der Waals surface area contributed by atoms with Crippen LogP contribution < -0.4 is 10.6 Å². The zero-order chi connectivity index (χ0) is 15.7. The minimum atomic E-state index is -0.0332. The number of likely N-dealkylation sites (N-methyl/N-ethyl adjacent to an activating group) is 1. The number of amides is 1. The number of hydrogen-bond acceptors (Lipinski definition) is 6. The summed E-state index contributed by atoms with van der Waals surface area (Å²) in [6, 6.07) is 1.91. The van der Waals surface area contributed by atoms with Crippen LogP contribution in [0.5, 0.6) is 0 Å². The summed E-state index contributed by atoms with van der Waals surface area (Å²) in [5, 5.41) is 5.96. The Morgan fingerprint density at radius 1 is 1.43 bits per heavy atom. The van der Waals surface area contributed by atoms with Crippen molar-refractivity contribution in [3.63, 3.8) is 0 Å². The molecule has 1 heterocycles. The minimum Gasteiger partial charge on any atom is -0.383 e. The Morgan fingerprint density at radius 2 is 2.19 bits per heavy atom. The molecule has 7 nitrogen and oxygen atoms in total. The van der Waals surface area contributed by atoms with Crippen LogP contribution in [0.3, 0.4) is 0 Å². The average molecular weight is 295 g/mol. The SMILES string of the molecule is CCNc1cc(C)nc(CN(C)CC(=O)NCCOC)n1. The second-order valence-corrected chi connectivity index (χ2v) is 4.86. The number of anilines is 1. The Kier molecular flexibility index (Phi) is 7.63. The third kappa shape index (κ3) is 7.01. The monoisotopic (exact) mass is 295 g/mol. The molecule has 0 atom stereocenters. The fourth-order valence-corrected chi connectivity index (χ4v) is 1.86. The Labute approximate surface area is 126 Å². The van der Waals surface area contributed by atoms with Gasteiger partial charge < -0.3 is 15.4 Å². The number of aromatic nitrogens is 2. The van der Waals surface area contributed by atoms with Gasteiger partial charge in [-0.3, -0.25) is 9.69 Å². The molecule has 0 saturated heterocycles. The van der Waals surface area contributed by atoms with Crippen LogP contribution in [0, 0.1) is 6.92 Å². The number of ether oxygens (including phenoxy) is 1. The van der Waals surface area contributed by atoms with Crippen LogP contribution >= 0.6 is 0 Å². The van der Waals surface area contributed by atoms with E-state index < -0.39 is 0 Å². The molecule has 118 valence electrons. The van der Waals surface area contributed by atoms with Gasteiger partial charge in [-0.1, -0.05) is 0 Å². The Balaban J connectivity index is 2.50. The van der Waals surface area contributed by atoms with Crippen molar-refractivity contribution in [1.82, 2.24) is 20.2 Å². The molecule has 1 rings (SSSR count). The van der Waals surface area contributed by atoms with Crippen LogP contribution in [0.15, 0.2) is 6.07 Å². The molecule has 0 aliphatic heterocycles. The first-order chi connectivity index (χ1) is 10.0. The van der Waals surface area contributed by atoms with Gasteiger partial charge in [0, 0.05) is 32.0 Å². The first-order valence-electron chi connectivity index (χ1n) is 7.07. The van der Waals surface area contributed by atoms with E-state index in [4.69, 9.17) is 4.74 Å². The molecule has 21 heavy (non-hydrogen) atoms. The molecule has 0 aliphatic rings. The summed E-state index contributed by atoms with van der Waals surface area (Å²) in [5.74, 6) is 1.49. The minimum absolute atomic E-state index is 0.0332. The maximum Gasteiger partial charge on any atom is 0.234 e. The van der Waals surface area contributed by atoms with Gasteiger partial charge in [-0.2, -0.15) is 0 Å². The van der Waals surface area contributed by atoms with Gasteiger partial charge in [0.15, 0.2) is 0 Å². The molecular formula is C14H25N5O2. The lowest BCUT2D eigenvalue weighted by Gasteiger charge is -2.16. The molecule has 0 aliphatic carbocycles. The van der Waals surface area contributed by atoms with E-state index in [-0.39, 0.29) is 5.91 Å². The number of nitrogens with zero attached hydrogens (tertiary/aromatic N) is 3. The molecule has 0 unspecified atom stereocenters. The van der Waals surface area contributed by atoms with E-state index in [9.17, 15) is 4.79 Å². The third-order valence-corrected chi connectivity index (χ3v) is 2.71. The van der Waals surface area contributed by atoms with Crippen LogP contribution in [0.4, 0.5) is 5.82 Å². The van der Waals surface area contributed by atoms with Crippen molar-refractivity contribution < 1.29 is 9.53 Å². The molecule has 7 heteroatoms. The van der Waals surface area contributed by atoms with Crippen molar-refractivity contribution in [1.29, 1.82) is 0 Å². The van der Waals surface area contributed by atoms with Crippen molar-refractivity contribution in [2.24, 2.45) is 0 Å². The largest absolute Gasteiger partial charge is 0.383 e. The van der Waals surface area contributed by atoms with Crippen molar-refractivity contribution in [2.45, 2.75) is 20.4 Å². The highest BCUT2D eigenvalue weighted by Crippen LogP contribution is 2.07. The maximum absolute atomic E-state index is 11.7. The van der Waals surface area contributed by atoms with Gasteiger partial charge in [0.25, 0.3) is 0 Å². The lowest BCUT2D eigenvalue weighted by molar-refractivity contribution is -0.122. The van der Waals surface area contributed by atoms with E-state index in [1.54, 1.807) is 7.11 Å². The highest BCUT2D eigenvalue weighted by Gasteiger charge is 2.09. The molecule has 2 N–H and O–H groups in total. The number of methoxy groups -OCH3 is 1. The molecular weight excluding hydrogens is 270 g/mol. The van der Waals surface area contributed by atoms with Crippen LogP contribution in [0.1, 0.15) is 18.4 Å². The summed E-state index contributed by atoms with van der Waals surface area (Å²) < 4.78 is 4.89. The van der Waals surface area contributed by atoms with Crippen LogP contribution in [-0.4, -0.2) is 61.2 Å². The molecule has 1 aromatic heterocycles. The molecule has 0 bridgehead atoms. The first kappa shape index (κ1) is 17.3. The second-order valence-electron chi connectivity index (χ2n) is 4.86. The van der Waals surface area contributed by atoms with Gasteiger partial charge in [-0.05, 0) is 20.9 Å². The van der Waals surface area contributed by atoms with Gasteiger partial charge in [-0.25, -0.2) is 9.97 Å². The van der Waals surface area contributed by atoms with Gasteiger partial charge >= 0.3 is 0 Å². The topological polar surface area (TPSA) is 79.4 Å². The predicted octanol–water partition coefficient (Wildman–Crippen LogP) is 0.411. The molecule has 0 aromatic carbocycles. The zero-order valence-electron chi connectivity index (χ0n) is 13.3. The molecule has 1 aromatic rings. The van der Waals surface area contributed by atoms with Crippen LogP contribution in [0.2, 0.25) is 0 Å². The van der Waals surface area contributed by atoms with Crippen molar-refractivity contribution in [3.8, 4) is 0 Å². The number of carbonyl (C=O) groups excluding carboxylic acids is 1. The highest BCUT2D eigenvalue weighted by atomic mass is 16.5. The fraction of sp³-hybridized carbons (Fsp3) is 0.643. The van der Waals surface area contributed by atoms with Gasteiger partial charge in [0.2, 0.25) is 5.91 Å². The first-order valence-corrected chi connectivity index (χ1v) is 7.07. The Morgan fingerprint density at radius 3 is 2.86 bits per heavy atom. The number of aryl methyl sites for hydroxylation is 1. The number of carbonyl (C=O) groups is 1. The van der Waals surface area contributed by atoms with Crippen LogP contribution in [0.25, 0.3) is 0 Å². The summed E-state index contributed by atoms with van der Waals surface area (Å²) in [7, 11) is 3.48. The Hall–Kier alpha value is -1.73. The predicted molar refractivity (Wildman–Crippen MR) is 82.2 cm³/mol. The van der Waals surface area contributed by atoms with Gasteiger partial charge in [-0.15, -0.1) is 0 Å². The molecule has 0 spiro atoms. The zero-order valence-corrected chi connectivity index (χ0v) is 13.3. The third-order valence-electron chi connectivity index (χ3n) is 2.71. The normalized spacial score (nSPS) is 10.7. The van der Waals surface area contributed by atoms with E-state index in [0.29, 0.717) is 32.1 Å². The quantitative estimate of drug-likeness (QED) is 0.643. The second kappa shape index (κ2) is 9.25. The molecule has 0 saturated carbocycles. The van der Waals surface area contributed by atoms with Gasteiger partial charge in [0.05, 0.1) is 19.7 Å². The highest BCUT2D eigenvalue weighted by molar-refractivity contribution is 5.77. The van der Waals surface area contributed by atoms with Gasteiger partial charge in [0.1, 0.15) is 11.6 Å². The van der Waals surface area contributed by atoms with E-state index >= 15 is 0 Å². The van der Waals surface area contributed by atoms with E-state index in [0.717, 1.165) is 18.1 Å². The average Bonchev–Trinajstić information content (AvgIpc) is 2.38. The number of hydrogen-bond donors (Lipinski definition) is 2. The van der Waals surface area contributed by atoms with E-state index in [2.05, 4.69) is 20.6 Å². The van der Waals surface area contributed by atoms with Crippen LogP contribution in [-0.2, 0) is 16.1 Å². The summed E-state index contributed by atoms with van der Waals surface area (Å²) in [5.41, 5.74) is 0.911.